The van der Waals surface area contributed by atoms with E-state index in [1.807, 2.05) is 121 Å². The summed E-state index contributed by atoms with van der Waals surface area (Å²) in [7, 11) is 3.26. The Morgan fingerprint density at radius 3 is 1.09 bits per heavy atom. The maximum Gasteiger partial charge on any atom is 0.328 e. The molecule has 0 aliphatic rings. The third-order valence-electron chi connectivity index (χ3n) is 15.6. The lowest BCUT2D eigenvalue weighted by Gasteiger charge is -2.24. The van der Waals surface area contributed by atoms with Gasteiger partial charge in [-0.25, -0.2) is 9.97 Å². The molecule has 14 nitrogen and oxygen atoms in total. The Kier molecular flexibility index (Phi) is 20.0. The molecule has 0 fully saturated rings. The molecule has 0 bridgehead atoms. The number of ether oxygens (including phenoxy) is 6. The van der Waals surface area contributed by atoms with Gasteiger partial charge in [0.25, 0.3) is 0 Å². The summed E-state index contributed by atoms with van der Waals surface area (Å²) in [6.07, 6.45) is 3.17. The summed E-state index contributed by atoms with van der Waals surface area (Å²) < 4.78 is 39.9. The number of hydrogen-bond acceptors (Lipinski definition) is 12. The van der Waals surface area contributed by atoms with Crippen molar-refractivity contribution in [3.63, 3.8) is 0 Å². The van der Waals surface area contributed by atoms with Crippen LogP contribution in [0.15, 0.2) is 207 Å². The van der Waals surface area contributed by atoms with Crippen LogP contribution in [0.3, 0.4) is 0 Å². The Labute approximate surface area is 552 Å². The molecule has 0 saturated carbocycles. The second-order valence-electron chi connectivity index (χ2n) is 21.3. The van der Waals surface area contributed by atoms with Crippen molar-refractivity contribution in [2.75, 3.05) is 67.1 Å². The standard InChI is InChI=1S/C72H56B2Cl4N8O6/c1-87-29-31-89-33-35-91-53-27-15-17-47(37-53)69-67-68(72(56(44-80)66-46-82-62-40-58(76)60(78)42-64(62)84-66)85(69)73(49-19-7-3-8-20-49)50-21-9-4-10-22-50)70(48-18-16-28-54(38-48)92-36-34-90-32-30-88-2)86(74(51-23-11-5-12-24-51)52-25-13-6-14-26-52)71(67)55(43-79)65-45-81-61-39-57(75)59(77)41-63(61)83-65/h3-28,37-42,45-46H,29-36H2,1-2H3/b71-55-,72-56-. The van der Waals surface area contributed by atoms with Crippen LogP contribution in [0.1, 0.15) is 11.4 Å². The van der Waals surface area contributed by atoms with Crippen LogP contribution in [-0.4, -0.2) is 110 Å². The van der Waals surface area contributed by atoms with Crippen molar-refractivity contribution in [1.29, 1.82) is 10.5 Å². The molecule has 92 heavy (non-hydrogen) atoms. The number of aromatic nitrogens is 6. The number of hydrogen-bond donors (Lipinski definition) is 0. The number of nitrogens with zero attached hydrogens (tertiary/aromatic N) is 8. The van der Waals surface area contributed by atoms with Gasteiger partial charge in [0, 0.05) is 47.5 Å². The monoisotopic (exact) mass is 1290 g/mol. The van der Waals surface area contributed by atoms with Crippen LogP contribution in [0.2, 0.25) is 20.1 Å². The third-order valence-corrected chi connectivity index (χ3v) is 17.0. The van der Waals surface area contributed by atoms with Gasteiger partial charge >= 0.3 is 13.7 Å². The molecule has 0 saturated heterocycles. The van der Waals surface area contributed by atoms with Crippen molar-refractivity contribution in [2.45, 2.75) is 0 Å². The number of benzene rings is 8. The number of nitriles is 2. The van der Waals surface area contributed by atoms with Crippen molar-refractivity contribution >= 4 is 126 Å². The first kappa shape index (κ1) is 62.9. The summed E-state index contributed by atoms with van der Waals surface area (Å²) in [5, 5.41) is 28.1. The first-order valence-corrected chi connectivity index (χ1v) is 31.1. The van der Waals surface area contributed by atoms with Crippen LogP contribution in [0.25, 0.3) is 66.5 Å². The zero-order chi connectivity index (χ0) is 63.5. The molecule has 0 aliphatic carbocycles. The van der Waals surface area contributed by atoms with E-state index in [-0.39, 0.29) is 59.0 Å². The molecule has 12 rings (SSSR count). The minimum absolute atomic E-state index is 0.135. The molecule has 20 heteroatoms. The Morgan fingerprint density at radius 1 is 0.413 bits per heavy atom. The fourth-order valence-electron chi connectivity index (χ4n) is 11.6. The molecule has 4 aromatic heterocycles. The quantitative estimate of drug-likeness (QED) is 0.0416. The van der Waals surface area contributed by atoms with E-state index in [2.05, 4.69) is 69.6 Å². The SMILES string of the molecule is COCCOCCOc1cccc(-c2c3/c(=C(\C#N)c4cnc5cc(Cl)c(Cl)cc5n4)n(B(c4ccccc4)c4ccccc4)c(-c4cccc(OCCOCCOC)c4)c3/c(=C(\C#N)c3cnc4cc(Cl)c(Cl)cc4n3)n2B(c2ccccc2)c2ccccc2)c1. The maximum atomic E-state index is 12.5. The predicted octanol–water partition coefficient (Wildman–Crippen LogP) is 11.1. The Balaban J connectivity index is 1.37. The van der Waals surface area contributed by atoms with Crippen molar-refractivity contribution < 1.29 is 28.4 Å². The fourth-order valence-corrected chi connectivity index (χ4v) is 12.2. The van der Waals surface area contributed by atoms with E-state index >= 15 is 0 Å². The largest absolute Gasteiger partial charge is 0.491 e. The van der Waals surface area contributed by atoms with Crippen molar-refractivity contribution in [1.82, 2.24) is 28.9 Å². The summed E-state index contributed by atoms with van der Waals surface area (Å²) in [5.74, 6) is 1.06. The number of methoxy groups -OCH3 is 2. The zero-order valence-electron chi connectivity index (χ0n) is 50.0. The van der Waals surface area contributed by atoms with Gasteiger partial charge in [-0.2, -0.15) is 10.5 Å². The van der Waals surface area contributed by atoms with Gasteiger partial charge < -0.3 is 37.4 Å². The van der Waals surface area contributed by atoms with E-state index < -0.39 is 13.7 Å². The van der Waals surface area contributed by atoms with Crippen LogP contribution < -0.4 is 42.0 Å². The van der Waals surface area contributed by atoms with E-state index in [9.17, 15) is 10.5 Å². The molecule has 0 aliphatic heterocycles. The van der Waals surface area contributed by atoms with Crippen LogP contribution in [0.4, 0.5) is 0 Å². The Bertz CT molecular complexity index is 4480. The minimum Gasteiger partial charge on any atom is -0.491 e. The summed E-state index contributed by atoms with van der Waals surface area (Å²) in [4.78, 5) is 20.4. The summed E-state index contributed by atoms with van der Waals surface area (Å²) in [6, 6.07) is 68.2. The minimum atomic E-state index is -0.711. The molecular weight excluding hydrogens is 1240 g/mol. The average Bonchev–Trinajstić information content (AvgIpc) is 1.52. The summed E-state index contributed by atoms with van der Waals surface area (Å²) >= 11 is 26.8. The maximum absolute atomic E-state index is 12.5. The molecule has 12 aromatic rings. The Morgan fingerprint density at radius 2 is 0.750 bits per heavy atom. The molecule has 4 heterocycles. The first-order chi connectivity index (χ1) is 45.2. The van der Waals surface area contributed by atoms with Gasteiger partial charge in [0.15, 0.2) is 0 Å². The number of halogens is 4. The normalized spacial score (nSPS) is 12.0. The number of rotatable bonds is 24. The zero-order valence-corrected chi connectivity index (χ0v) is 53.0. The van der Waals surface area contributed by atoms with Gasteiger partial charge in [-0.1, -0.05) is 214 Å². The van der Waals surface area contributed by atoms with E-state index in [0.717, 1.165) is 21.9 Å². The summed E-state index contributed by atoms with van der Waals surface area (Å²) in [5.41, 5.74) is 8.44. The van der Waals surface area contributed by atoms with Gasteiger partial charge in [-0.3, -0.25) is 9.97 Å². The van der Waals surface area contributed by atoms with Crippen LogP contribution in [0, 0.1) is 22.7 Å². The van der Waals surface area contributed by atoms with Gasteiger partial charge in [0.05, 0.1) is 105 Å². The third kappa shape index (κ3) is 13.3. The van der Waals surface area contributed by atoms with Gasteiger partial charge in [-0.15, -0.1) is 0 Å². The topological polar surface area (TPSA) is 164 Å². The van der Waals surface area contributed by atoms with E-state index in [0.29, 0.717) is 114 Å². The molecule has 0 amide bonds. The lowest BCUT2D eigenvalue weighted by molar-refractivity contribution is 0.0544. The molecule has 0 atom stereocenters. The molecule has 0 unspecified atom stereocenters. The van der Waals surface area contributed by atoms with Crippen LogP contribution >= 0.6 is 46.4 Å². The molecular formula is C72H56B2Cl4N8O6. The second-order valence-corrected chi connectivity index (χ2v) is 22.9. The highest BCUT2D eigenvalue weighted by Crippen LogP contribution is 2.39. The van der Waals surface area contributed by atoms with Gasteiger partial charge in [0.2, 0.25) is 0 Å². The highest BCUT2D eigenvalue weighted by atomic mass is 35.5. The molecule has 454 valence electrons. The molecule has 0 radical (unpaired) electrons. The molecule has 0 spiro atoms. The fraction of sp³-hybridized carbons (Fsp3) is 0.139. The average molecular weight is 1290 g/mol. The lowest BCUT2D eigenvalue weighted by atomic mass is 9.50. The van der Waals surface area contributed by atoms with E-state index in [4.69, 9.17) is 94.8 Å². The highest BCUT2D eigenvalue weighted by molar-refractivity contribution is 6.85. The van der Waals surface area contributed by atoms with E-state index in [1.165, 1.54) is 0 Å². The van der Waals surface area contributed by atoms with Crippen molar-refractivity contribution in [2.24, 2.45) is 0 Å². The molecule has 0 N–H and O–H groups in total. The van der Waals surface area contributed by atoms with E-state index in [1.54, 1.807) is 50.9 Å². The van der Waals surface area contributed by atoms with Crippen molar-refractivity contribution in [3.05, 3.63) is 249 Å². The molecule has 8 aromatic carbocycles. The van der Waals surface area contributed by atoms with Gasteiger partial charge in [-0.05, 0) is 48.5 Å². The second kappa shape index (κ2) is 29.3. The summed E-state index contributed by atoms with van der Waals surface area (Å²) in [6.45, 7) is 1.23. The predicted molar refractivity (Wildman–Crippen MR) is 368 cm³/mol. The Hall–Kier alpha value is -9.29. The lowest BCUT2D eigenvalue weighted by Crippen LogP contribution is -2.54. The van der Waals surface area contributed by atoms with Crippen LogP contribution in [-0.2, 0) is 18.9 Å². The number of fused-ring (bicyclic) bond motifs is 3. The van der Waals surface area contributed by atoms with Crippen LogP contribution in [0.5, 0.6) is 11.5 Å². The van der Waals surface area contributed by atoms with Crippen molar-refractivity contribution in [3.8, 4) is 46.2 Å². The first-order valence-electron chi connectivity index (χ1n) is 29.6. The van der Waals surface area contributed by atoms with Gasteiger partial charge in [0.1, 0.15) is 59.4 Å². The highest BCUT2D eigenvalue weighted by Gasteiger charge is 2.38. The smallest absolute Gasteiger partial charge is 0.328 e.